The number of halogens is 1. The Labute approximate surface area is 217 Å². The maximum Gasteiger partial charge on any atom is 0.310 e. The smallest absolute Gasteiger partial charge is 0.310 e. The second-order valence-electron chi connectivity index (χ2n) is 8.58. The van der Waals surface area contributed by atoms with Crippen molar-refractivity contribution in [2.75, 3.05) is 24.4 Å². The number of carbonyl (C=O) groups is 1. The zero-order valence-corrected chi connectivity index (χ0v) is 20.7. The van der Waals surface area contributed by atoms with Gasteiger partial charge in [0.25, 0.3) is 5.91 Å². The average Bonchev–Trinajstić information content (AvgIpc) is 3.04. The van der Waals surface area contributed by atoms with Crippen molar-refractivity contribution in [3.8, 4) is 11.5 Å². The molecular weight excluding hydrogens is 496 g/mol. The van der Waals surface area contributed by atoms with Gasteiger partial charge in [-0.15, -0.1) is 0 Å². The molecular formula is C27H23ClN4O5. The lowest BCUT2D eigenvalue weighted by Gasteiger charge is -2.19. The zero-order chi connectivity index (χ0) is 25.9. The van der Waals surface area contributed by atoms with Crippen molar-refractivity contribution in [3.05, 3.63) is 98.5 Å². The molecule has 0 saturated carbocycles. The van der Waals surface area contributed by atoms with E-state index in [9.17, 15) is 14.9 Å². The van der Waals surface area contributed by atoms with Crippen LogP contribution in [0.15, 0.2) is 72.1 Å². The molecule has 0 unspecified atom stereocenters. The van der Waals surface area contributed by atoms with Gasteiger partial charge in [0.1, 0.15) is 10.9 Å². The summed E-state index contributed by atoms with van der Waals surface area (Å²) in [5.41, 5.74) is 5.54. The van der Waals surface area contributed by atoms with Crippen LogP contribution < -0.4 is 20.1 Å². The van der Waals surface area contributed by atoms with Gasteiger partial charge in [-0.05, 0) is 72.0 Å². The number of pyridine rings is 1. The predicted octanol–water partition coefficient (Wildman–Crippen LogP) is 5.77. The highest BCUT2D eigenvalue weighted by Crippen LogP contribution is 2.38. The quantitative estimate of drug-likeness (QED) is 0.232. The number of rotatable bonds is 7. The third-order valence-corrected chi connectivity index (χ3v) is 6.49. The van der Waals surface area contributed by atoms with Gasteiger partial charge in [-0.2, -0.15) is 0 Å². The monoisotopic (exact) mass is 518 g/mol. The van der Waals surface area contributed by atoms with Crippen LogP contribution in [0.1, 0.15) is 24.0 Å². The highest BCUT2D eigenvalue weighted by atomic mass is 35.5. The maximum atomic E-state index is 13.0. The van der Waals surface area contributed by atoms with E-state index in [4.69, 9.17) is 21.1 Å². The number of fused-ring (bicyclic) bond motifs is 1. The summed E-state index contributed by atoms with van der Waals surface area (Å²) in [6, 6.07) is 14.1. The molecule has 10 heteroatoms. The number of carbonyl (C=O) groups excluding carboxylic acids is 1. The summed E-state index contributed by atoms with van der Waals surface area (Å²) >= 11 is 5.81. The number of ether oxygens (including phenoxy) is 2. The first-order valence-electron chi connectivity index (χ1n) is 11.6. The predicted molar refractivity (Wildman–Crippen MR) is 141 cm³/mol. The molecule has 1 aromatic heterocycles. The fourth-order valence-electron chi connectivity index (χ4n) is 4.37. The molecule has 0 spiro atoms. The van der Waals surface area contributed by atoms with E-state index in [1.165, 1.54) is 13.2 Å². The van der Waals surface area contributed by atoms with Crippen LogP contribution in [-0.2, 0) is 11.2 Å². The lowest BCUT2D eigenvalue weighted by Crippen LogP contribution is -2.17. The fourth-order valence-corrected chi connectivity index (χ4v) is 4.48. The number of methoxy groups -OCH3 is 1. The molecule has 1 aliphatic heterocycles. The number of hydrogen-bond acceptors (Lipinski definition) is 7. The van der Waals surface area contributed by atoms with Crippen LogP contribution >= 0.6 is 11.6 Å². The van der Waals surface area contributed by atoms with Gasteiger partial charge in [-0.25, -0.2) is 4.98 Å². The summed E-state index contributed by atoms with van der Waals surface area (Å²) in [6.07, 6.45) is 5.30. The van der Waals surface area contributed by atoms with Gasteiger partial charge in [0, 0.05) is 23.8 Å². The Kier molecular flexibility index (Phi) is 6.78. The zero-order valence-electron chi connectivity index (χ0n) is 19.9. The molecule has 37 heavy (non-hydrogen) atoms. The molecule has 5 rings (SSSR count). The van der Waals surface area contributed by atoms with E-state index >= 15 is 0 Å². The van der Waals surface area contributed by atoms with Gasteiger partial charge >= 0.3 is 5.69 Å². The van der Waals surface area contributed by atoms with Crippen LogP contribution in [0.25, 0.3) is 5.57 Å². The SMILES string of the molecule is COc1cc(C2=CC3=C(CC2)C(=O)Nc2cc(CCOc4ccc(Cl)nc4)ccc2N3)ccc1[N+](=O)[O-]. The third kappa shape index (κ3) is 5.26. The third-order valence-electron chi connectivity index (χ3n) is 6.27. The summed E-state index contributed by atoms with van der Waals surface area (Å²) in [4.78, 5) is 27.8. The number of amides is 1. The Morgan fingerprint density at radius 2 is 1.95 bits per heavy atom. The molecule has 0 radical (unpaired) electrons. The highest BCUT2D eigenvalue weighted by Gasteiger charge is 2.26. The van der Waals surface area contributed by atoms with E-state index in [0.29, 0.717) is 53.7 Å². The van der Waals surface area contributed by atoms with E-state index in [1.807, 2.05) is 24.3 Å². The van der Waals surface area contributed by atoms with Crippen LogP contribution in [0.2, 0.25) is 5.15 Å². The minimum atomic E-state index is -0.470. The number of nitro benzene ring substituents is 1. The van der Waals surface area contributed by atoms with Gasteiger partial charge < -0.3 is 20.1 Å². The highest BCUT2D eigenvalue weighted by molar-refractivity contribution is 6.29. The number of nitro groups is 1. The van der Waals surface area contributed by atoms with Crippen molar-refractivity contribution >= 4 is 40.1 Å². The topological polar surface area (TPSA) is 116 Å². The standard InChI is InChI=1S/C27H23ClN4O5/c1-36-25-14-18(4-8-24(25)32(34)35)17-3-6-20-22(13-17)30-21-7-2-16(12-23(21)31-27(20)33)10-11-37-19-5-9-26(28)29-15-19/h2,4-5,7-9,12-15,30H,3,6,10-11H2,1H3,(H,31,33). The molecule has 2 heterocycles. The molecule has 2 N–H and O–H groups in total. The Bertz CT molecular complexity index is 1450. The Morgan fingerprint density at radius 3 is 2.70 bits per heavy atom. The first kappa shape index (κ1) is 24.3. The van der Waals surface area contributed by atoms with E-state index in [-0.39, 0.29) is 17.3 Å². The number of allylic oxidation sites excluding steroid dienone is 2. The van der Waals surface area contributed by atoms with Gasteiger partial charge in [0.15, 0.2) is 5.75 Å². The van der Waals surface area contributed by atoms with Crippen LogP contribution in [0, 0.1) is 10.1 Å². The van der Waals surface area contributed by atoms with Crippen molar-refractivity contribution in [1.29, 1.82) is 0 Å². The van der Waals surface area contributed by atoms with Crippen molar-refractivity contribution in [2.45, 2.75) is 19.3 Å². The van der Waals surface area contributed by atoms with Crippen molar-refractivity contribution in [3.63, 3.8) is 0 Å². The van der Waals surface area contributed by atoms with Crippen LogP contribution in [0.3, 0.4) is 0 Å². The Balaban J connectivity index is 1.33. The van der Waals surface area contributed by atoms with E-state index < -0.39 is 4.92 Å². The van der Waals surface area contributed by atoms with Gasteiger partial charge in [-0.1, -0.05) is 17.7 Å². The molecule has 0 bridgehead atoms. The van der Waals surface area contributed by atoms with E-state index in [0.717, 1.165) is 22.4 Å². The molecule has 2 aliphatic rings. The minimum Gasteiger partial charge on any atom is -0.492 e. The molecule has 3 aromatic rings. The number of nitrogens with zero attached hydrogens (tertiary/aromatic N) is 2. The van der Waals surface area contributed by atoms with Gasteiger partial charge in [-0.3, -0.25) is 14.9 Å². The summed E-state index contributed by atoms with van der Waals surface area (Å²) in [5.74, 6) is 0.682. The largest absolute Gasteiger partial charge is 0.492 e. The number of aromatic nitrogens is 1. The lowest BCUT2D eigenvalue weighted by atomic mass is 9.90. The van der Waals surface area contributed by atoms with Gasteiger partial charge in [0.05, 0.1) is 36.2 Å². The lowest BCUT2D eigenvalue weighted by molar-refractivity contribution is -0.385. The van der Waals surface area contributed by atoms with E-state index in [1.54, 1.807) is 30.5 Å². The molecule has 0 fully saturated rings. The van der Waals surface area contributed by atoms with Crippen LogP contribution in [0.5, 0.6) is 11.5 Å². The normalized spacial score (nSPS) is 14.4. The van der Waals surface area contributed by atoms with Crippen LogP contribution in [-0.4, -0.2) is 29.5 Å². The summed E-state index contributed by atoms with van der Waals surface area (Å²) in [7, 11) is 1.41. The number of nitrogens with one attached hydrogen (secondary N) is 2. The molecule has 1 amide bonds. The molecule has 0 saturated heterocycles. The first-order chi connectivity index (χ1) is 17.9. The number of hydrogen-bond donors (Lipinski definition) is 2. The number of benzene rings is 2. The minimum absolute atomic E-state index is 0.0884. The molecule has 188 valence electrons. The summed E-state index contributed by atoms with van der Waals surface area (Å²) < 4.78 is 11.0. The number of anilines is 2. The second-order valence-corrected chi connectivity index (χ2v) is 8.97. The van der Waals surface area contributed by atoms with Crippen molar-refractivity contribution < 1.29 is 19.2 Å². The van der Waals surface area contributed by atoms with Crippen LogP contribution in [0.4, 0.5) is 17.1 Å². The second kappa shape index (κ2) is 10.3. The average molecular weight is 519 g/mol. The summed E-state index contributed by atoms with van der Waals surface area (Å²) in [6.45, 7) is 0.447. The fraction of sp³-hybridized carbons (Fsp3) is 0.185. The summed E-state index contributed by atoms with van der Waals surface area (Å²) in [5, 5.41) is 18.1. The van der Waals surface area contributed by atoms with Gasteiger partial charge in [0.2, 0.25) is 0 Å². The Morgan fingerprint density at radius 1 is 1.08 bits per heavy atom. The molecule has 1 aliphatic carbocycles. The molecule has 2 aromatic carbocycles. The molecule has 9 nitrogen and oxygen atoms in total. The first-order valence-corrected chi connectivity index (χ1v) is 12.0. The Hall–Kier alpha value is -4.37. The van der Waals surface area contributed by atoms with E-state index in [2.05, 4.69) is 15.6 Å². The van der Waals surface area contributed by atoms with Crippen molar-refractivity contribution in [2.24, 2.45) is 0 Å². The van der Waals surface area contributed by atoms with Crippen molar-refractivity contribution in [1.82, 2.24) is 4.98 Å². The maximum absolute atomic E-state index is 13.0. The molecule has 0 atom stereocenters.